The van der Waals surface area contributed by atoms with Crippen molar-refractivity contribution in [2.24, 2.45) is 0 Å². The van der Waals surface area contributed by atoms with Crippen LogP contribution < -0.4 is 15.6 Å². The van der Waals surface area contributed by atoms with Crippen molar-refractivity contribution >= 4 is 11.6 Å². The summed E-state index contributed by atoms with van der Waals surface area (Å²) in [7, 11) is 0. The monoisotopic (exact) mass is 377 g/mol. The predicted molar refractivity (Wildman–Crippen MR) is 110 cm³/mol. The Kier molecular flexibility index (Phi) is 5.89. The van der Waals surface area contributed by atoms with Gasteiger partial charge < -0.3 is 10.1 Å². The zero-order chi connectivity index (χ0) is 20.1. The zero-order valence-electron chi connectivity index (χ0n) is 16.1. The highest BCUT2D eigenvalue weighted by Crippen LogP contribution is 2.27. The fourth-order valence-corrected chi connectivity index (χ4v) is 2.81. The van der Waals surface area contributed by atoms with E-state index < -0.39 is 6.10 Å². The first-order valence-corrected chi connectivity index (χ1v) is 9.16. The Hall–Kier alpha value is -3.41. The van der Waals surface area contributed by atoms with Crippen LogP contribution in [0.3, 0.4) is 0 Å². The van der Waals surface area contributed by atoms with Gasteiger partial charge in [-0.15, -0.1) is 0 Å². The Balaban J connectivity index is 1.72. The third-order valence-electron chi connectivity index (χ3n) is 4.32. The number of hydrogen-bond donors (Lipinski definition) is 2. The Morgan fingerprint density at radius 2 is 1.82 bits per heavy atom. The first-order chi connectivity index (χ1) is 13.4. The van der Waals surface area contributed by atoms with Crippen LogP contribution in [0.5, 0.6) is 5.75 Å². The van der Waals surface area contributed by atoms with E-state index in [4.69, 9.17) is 4.74 Å². The van der Waals surface area contributed by atoms with Gasteiger partial charge in [0.2, 0.25) is 0 Å². The number of benzene rings is 2. The average Bonchev–Trinajstić information content (AvgIpc) is 2.69. The van der Waals surface area contributed by atoms with Crippen molar-refractivity contribution in [3.05, 3.63) is 76.6 Å². The molecule has 1 heterocycles. The van der Waals surface area contributed by atoms with Crippen LogP contribution in [0.15, 0.2) is 65.5 Å². The lowest BCUT2D eigenvalue weighted by atomic mass is 10.0. The van der Waals surface area contributed by atoms with E-state index in [1.807, 2.05) is 36.4 Å². The molecule has 0 saturated heterocycles. The fourth-order valence-electron chi connectivity index (χ4n) is 2.81. The van der Waals surface area contributed by atoms with Crippen LogP contribution in [0.2, 0.25) is 0 Å². The van der Waals surface area contributed by atoms with Gasteiger partial charge in [-0.05, 0) is 42.7 Å². The normalized spacial score (nSPS) is 11.9. The minimum atomic E-state index is -0.658. The van der Waals surface area contributed by atoms with Crippen LogP contribution >= 0.6 is 0 Å². The largest absolute Gasteiger partial charge is 0.481 e. The summed E-state index contributed by atoms with van der Waals surface area (Å²) in [5.74, 6) is 0.768. The van der Waals surface area contributed by atoms with Crippen molar-refractivity contribution in [2.75, 3.05) is 5.32 Å². The number of anilines is 1. The van der Waals surface area contributed by atoms with Crippen molar-refractivity contribution < 1.29 is 9.53 Å². The summed E-state index contributed by atoms with van der Waals surface area (Å²) in [6.45, 7) is 5.90. The third-order valence-corrected chi connectivity index (χ3v) is 4.32. The van der Waals surface area contributed by atoms with Crippen LogP contribution in [0.25, 0.3) is 11.3 Å². The molecule has 2 aromatic carbocycles. The molecule has 0 radical (unpaired) electrons. The van der Waals surface area contributed by atoms with Gasteiger partial charge in [-0.3, -0.25) is 9.59 Å². The summed E-state index contributed by atoms with van der Waals surface area (Å²) in [6.07, 6.45) is -0.658. The van der Waals surface area contributed by atoms with Gasteiger partial charge in [0.05, 0.1) is 5.69 Å². The fraction of sp³-hybridized carbons (Fsp3) is 0.227. The summed E-state index contributed by atoms with van der Waals surface area (Å²) in [4.78, 5) is 23.8. The van der Waals surface area contributed by atoms with Gasteiger partial charge in [-0.25, -0.2) is 5.10 Å². The molecule has 0 aliphatic carbocycles. The molecule has 0 aliphatic rings. The van der Waals surface area contributed by atoms with Crippen LogP contribution in [0, 0.1) is 0 Å². The number of carbonyl (C=O) groups excluding carboxylic acids is 1. The van der Waals surface area contributed by atoms with Gasteiger partial charge in [0.25, 0.3) is 11.5 Å². The average molecular weight is 377 g/mol. The lowest BCUT2D eigenvalue weighted by molar-refractivity contribution is -0.122. The number of amides is 1. The van der Waals surface area contributed by atoms with Crippen LogP contribution in [0.1, 0.15) is 32.3 Å². The molecule has 28 heavy (non-hydrogen) atoms. The van der Waals surface area contributed by atoms with Gasteiger partial charge in [0.15, 0.2) is 6.10 Å². The molecule has 144 valence electrons. The Bertz CT molecular complexity index is 1010. The molecule has 0 bridgehead atoms. The minimum absolute atomic E-state index is 0.245. The molecule has 0 saturated carbocycles. The summed E-state index contributed by atoms with van der Waals surface area (Å²) in [5, 5.41) is 9.29. The summed E-state index contributed by atoms with van der Waals surface area (Å²) in [6, 6.07) is 18.0. The minimum Gasteiger partial charge on any atom is -0.481 e. The lowest BCUT2D eigenvalue weighted by Gasteiger charge is -2.19. The number of aromatic amines is 1. The van der Waals surface area contributed by atoms with E-state index >= 15 is 0 Å². The van der Waals surface area contributed by atoms with Crippen molar-refractivity contribution in [3.8, 4) is 17.0 Å². The van der Waals surface area contributed by atoms with Crippen molar-refractivity contribution in [2.45, 2.75) is 32.8 Å². The van der Waals surface area contributed by atoms with Gasteiger partial charge in [0, 0.05) is 17.3 Å². The molecular weight excluding hydrogens is 354 g/mol. The molecular formula is C22H23N3O3. The number of para-hydroxylation sites is 1. The van der Waals surface area contributed by atoms with Gasteiger partial charge in [-0.1, -0.05) is 44.2 Å². The molecule has 1 atom stereocenters. The Morgan fingerprint density at radius 3 is 2.54 bits per heavy atom. The lowest BCUT2D eigenvalue weighted by Crippen LogP contribution is -2.30. The van der Waals surface area contributed by atoms with E-state index in [1.54, 1.807) is 25.1 Å². The topological polar surface area (TPSA) is 84.1 Å². The zero-order valence-corrected chi connectivity index (χ0v) is 16.1. The summed E-state index contributed by atoms with van der Waals surface area (Å²) in [5.41, 5.74) is 2.83. The summed E-state index contributed by atoms with van der Waals surface area (Å²) < 4.78 is 5.90. The molecule has 3 aromatic rings. The molecule has 1 amide bonds. The number of nitrogens with one attached hydrogen (secondary N) is 2. The molecule has 0 fully saturated rings. The first-order valence-electron chi connectivity index (χ1n) is 9.16. The second-order valence-electron chi connectivity index (χ2n) is 6.83. The maximum atomic E-state index is 12.6. The first kappa shape index (κ1) is 19.4. The second kappa shape index (κ2) is 8.52. The molecule has 0 aliphatic heterocycles. The standard InChI is InChI=1S/C22H23N3O3/c1-14(2)18-9-4-5-10-20(18)28-15(3)22(27)23-17-8-6-7-16(13-17)19-11-12-21(26)25-24-19/h4-15H,1-3H3,(H,23,27)(H,25,26). The highest BCUT2D eigenvalue weighted by Gasteiger charge is 2.17. The number of aromatic nitrogens is 2. The maximum absolute atomic E-state index is 12.6. The van der Waals surface area contributed by atoms with Crippen molar-refractivity contribution in [1.82, 2.24) is 10.2 Å². The van der Waals surface area contributed by atoms with Crippen LogP contribution in [0.4, 0.5) is 5.69 Å². The van der Waals surface area contributed by atoms with E-state index in [-0.39, 0.29) is 11.5 Å². The third kappa shape index (κ3) is 4.65. The van der Waals surface area contributed by atoms with Gasteiger partial charge >= 0.3 is 0 Å². The van der Waals surface area contributed by atoms with Gasteiger partial charge in [-0.2, -0.15) is 5.10 Å². The predicted octanol–water partition coefficient (Wildman–Crippen LogP) is 3.97. The molecule has 1 unspecified atom stereocenters. The number of hydrogen-bond acceptors (Lipinski definition) is 4. The highest BCUT2D eigenvalue weighted by atomic mass is 16.5. The molecule has 6 nitrogen and oxygen atoms in total. The highest BCUT2D eigenvalue weighted by molar-refractivity contribution is 5.94. The van der Waals surface area contributed by atoms with Crippen LogP contribution in [-0.2, 0) is 4.79 Å². The summed E-state index contributed by atoms with van der Waals surface area (Å²) >= 11 is 0. The van der Waals surface area contributed by atoms with Crippen molar-refractivity contribution in [1.29, 1.82) is 0 Å². The number of nitrogens with zero attached hydrogens (tertiary/aromatic N) is 1. The van der Waals surface area contributed by atoms with E-state index in [0.29, 0.717) is 23.0 Å². The van der Waals surface area contributed by atoms with E-state index in [0.717, 1.165) is 11.1 Å². The number of ether oxygens (including phenoxy) is 1. The number of rotatable bonds is 6. The quantitative estimate of drug-likeness (QED) is 0.681. The van der Waals surface area contributed by atoms with E-state index in [2.05, 4.69) is 29.4 Å². The molecule has 1 aromatic heterocycles. The second-order valence-corrected chi connectivity index (χ2v) is 6.83. The van der Waals surface area contributed by atoms with E-state index in [9.17, 15) is 9.59 Å². The number of carbonyl (C=O) groups is 1. The Morgan fingerprint density at radius 1 is 1.04 bits per heavy atom. The number of H-pyrrole nitrogens is 1. The molecule has 3 rings (SSSR count). The maximum Gasteiger partial charge on any atom is 0.265 e. The van der Waals surface area contributed by atoms with Crippen LogP contribution in [-0.4, -0.2) is 22.2 Å². The molecule has 0 spiro atoms. The van der Waals surface area contributed by atoms with Gasteiger partial charge in [0.1, 0.15) is 5.75 Å². The SMILES string of the molecule is CC(Oc1ccccc1C(C)C)C(=O)Nc1cccc(-c2ccc(=O)[nH]n2)c1. The Labute approximate surface area is 163 Å². The van der Waals surface area contributed by atoms with Crippen molar-refractivity contribution in [3.63, 3.8) is 0 Å². The smallest absolute Gasteiger partial charge is 0.265 e. The van der Waals surface area contributed by atoms with E-state index in [1.165, 1.54) is 6.07 Å². The molecule has 2 N–H and O–H groups in total. The molecule has 6 heteroatoms.